The number of nitrogens with zero attached hydrogens (tertiary/aromatic N) is 3. The molecule has 1 aromatic carbocycles. The van der Waals surface area contributed by atoms with Crippen LogP contribution < -0.4 is 5.32 Å². The molecular weight excluding hydrogens is 407 g/mol. The first-order valence-corrected chi connectivity index (χ1v) is 10.4. The number of urea groups is 1. The number of aromatic nitrogens is 1. The van der Waals surface area contributed by atoms with Gasteiger partial charge in [0.2, 0.25) is 5.91 Å². The van der Waals surface area contributed by atoms with E-state index >= 15 is 0 Å². The summed E-state index contributed by atoms with van der Waals surface area (Å²) in [4.78, 5) is 29.1. The highest BCUT2D eigenvalue weighted by molar-refractivity contribution is 6.31. The average Bonchev–Trinajstić information content (AvgIpc) is 3.06. The smallest absolute Gasteiger partial charge is 0.322 e. The number of carbonyl (C=O) groups excluding carboxylic acids is 2. The zero-order chi connectivity index (χ0) is 22.4. The summed E-state index contributed by atoms with van der Waals surface area (Å²) in [6.45, 7) is 8.79. The Morgan fingerprint density at radius 3 is 2.43 bits per heavy atom. The minimum Gasteiger partial charge on any atom is -0.353 e. The summed E-state index contributed by atoms with van der Waals surface area (Å²) < 4.78 is 15.3. The van der Waals surface area contributed by atoms with E-state index in [0.717, 1.165) is 5.69 Å². The van der Waals surface area contributed by atoms with Crippen LogP contribution in [0.1, 0.15) is 33.4 Å². The Bertz CT molecular complexity index is 882. The van der Waals surface area contributed by atoms with Crippen molar-refractivity contribution in [2.45, 2.75) is 40.3 Å². The molecule has 0 atom stereocenters. The van der Waals surface area contributed by atoms with E-state index in [0.29, 0.717) is 18.8 Å². The van der Waals surface area contributed by atoms with Gasteiger partial charge < -0.3 is 19.7 Å². The van der Waals surface area contributed by atoms with Crippen molar-refractivity contribution in [1.82, 2.24) is 14.4 Å². The molecule has 0 radical (unpaired) electrons. The Morgan fingerprint density at radius 1 is 1.20 bits per heavy atom. The normalized spacial score (nSPS) is 11.1. The van der Waals surface area contributed by atoms with Crippen molar-refractivity contribution < 1.29 is 14.0 Å². The number of nitrogens with one attached hydrogen (secondary N) is 1. The summed E-state index contributed by atoms with van der Waals surface area (Å²) in [6.07, 6.45) is 1.94. The fraction of sp³-hybridized carbons (Fsp3) is 0.455. The number of halogens is 2. The van der Waals surface area contributed by atoms with E-state index in [2.05, 4.69) is 19.2 Å². The van der Waals surface area contributed by atoms with E-state index in [1.165, 1.54) is 23.1 Å². The monoisotopic (exact) mass is 436 g/mol. The molecule has 30 heavy (non-hydrogen) atoms. The molecule has 2 aromatic rings. The minimum absolute atomic E-state index is 0.0600. The second-order valence-electron chi connectivity index (χ2n) is 8.06. The number of amides is 3. The number of aryl methyl sites for hydroxylation is 1. The number of hydrogen-bond donors (Lipinski definition) is 1. The number of rotatable bonds is 8. The summed E-state index contributed by atoms with van der Waals surface area (Å²) in [6, 6.07) is 7.23. The third-order valence-corrected chi connectivity index (χ3v) is 4.99. The Balaban J connectivity index is 2.13. The standard InChI is InChI=1S/C22H30ClFN4O2/c1-15(2)12-27(13-18-7-6-10-26(18)5)21(29)14-28(16(3)4)22(30)25-17-8-9-20(24)19(23)11-17/h6-11,15-16H,12-14H2,1-5H3,(H,25,30). The Hall–Kier alpha value is -2.54. The van der Waals surface area contributed by atoms with Gasteiger partial charge in [-0.25, -0.2) is 9.18 Å². The molecule has 0 saturated carbocycles. The number of hydrogen-bond acceptors (Lipinski definition) is 2. The van der Waals surface area contributed by atoms with Crippen molar-refractivity contribution in [2.75, 3.05) is 18.4 Å². The third-order valence-electron chi connectivity index (χ3n) is 4.70. The van der Waals surface area contributed by atoms with Gasteiger partial charge in [0.15, 0.2) is 0 Å². The number of anilines is 1. The molecule has 0 spiro atoms. The summed E-state index contributed by atoms with van der Waals surface area (Å²) >= 11 is 5.79. The first kappa shape index (κ1) is 23.7. The molecule has 0 unspecified atom stereocenters. The summed E-state index contributed by atoms with van der Waals surface area (Å²) in [5.41, 5.74) is 1.39. The van der Waals surface area contributed by atoms with Gasteiger partial charge in [-0.05, 0) is 50.1 Å². The molecule has 0 aliphatic carbocycles. The lowest BCUT2D eigenvalue weighted by Gasteiger charge is -2.31. The van der Waals surface area contributed by atoms with E-state index in [1.807, 2.05) is 43.8 Å². The number of benzene rings is 1. The Kier molecular flexibility index (Phi) is 8.29. The van der Waals surface area contributed by atoms with Crippen molar-refractivity contribution in [3.63, 3.8) is 0 Å². The molecule has 6 nitrogen and oxygen atoms in total. The molecule has 0 bridgehead atoms. The predicted molar refractivity (Wildman–Crippen MR) is 118 cm³/mol. The lowest BCUT2D eigenvalue weighted by atomic mass is 10.2. The van der Waals surface area contributed by atoms with Crippen LogP contribution in [0.25, 0.3) is 0 Å². The van der Waals surface area contributed by atoms with Crippen molar-refractivity contribution in [3.05, 3.63) is 53.1 Å². The van der Waals surface area contributed by atoms with Crippen LogP contribution in [0.5, 0.6) is 0 Å². The van der Waals surface area contributed by atoms with Gasteiger partial charge >= 0.3 is 6.03 Å². The van der Waals surface area contributed by atoms with Crippen LogP contribution >= 0.6 is 11.6 Å². The quantitative estimate of drug-likeness (QED) is 0.649. The van der Waals surface area contributed by atoms with Crippen LogP contribution in [0.3, 0.4) is 0 Å². The lowest BCUT2D eigenvalue weighted by Crippen LogP contribution is -2.48. The van der Waals surface area contributed by atoms with Crippen molar-refractivity contribution >= 4 is 29.2 Å². The van der Waals surface area contributed by atoms with Crippen LogP contribution in [-0.2, 0) is 18.4 Å². The maximum absolute atomic E-state index is 13.4. The predicted octanol–water partition coefficient (Wildman–Crippen LogP) is 4.74. The lowest BCUT2D eigenvalue weighted by molar-refractivity contribution is -0.133. The second-order valence-corrected chi connectivity index (χ2v) is 8.47. The largest absolute Gasteiger partial charge is 0.353 e. The van der Waals surface area contributed by atoms with Gasteiger partial charge in [-0.15, -0.1) is 0 Å². The first-order valence-electron chi connectivity index (χ1n) is 9.99. The zero-order valence-electron chi connectivity index (χ0n) is 18.2. The summed E-state index contributed by atoms with van der Waals surface area (Å²) in [7, 11) is 1.94. The molecule has 1 aromatic heterocycles. The average molecular weight is 437 g/mol. The van der Waals surface area contributed by atoms with Crippen LogP contribution in [0.15, 0.2) is 36.5 Å². The van der Waals surface area contributed by atoms with Gasteiger partial charge in [0, 0.05) is 37.2 Å². The molecule has 164 valence electrons. The summed E-state index contributed by atoms with van der Waals surface area (Å²) in [5, 5.41) is 2.61. The fourth-order valence-corrected chi connectivity index (χ4v) is 3.24. The first-order chi connectivity index (χ1) is 14.1. The molecule has 3 amide bonds. The van der Waals surface area contributed by atoms with E-state index in [1.54, 1.807) is 4.90 Å². The molecule has 8 heteroatoms. The van der Waals surface area contributed by atoms with Crippen molar-refractivity contribution in [2.24, 2.45) is 13.0 Å². The molecule has 0 fully saturated rings. The van der Waals surface area contributed by atoms with Crippen LogP contribution in [-0.4, -0.2) is 45.4 Å². The van der Waals surface area contributed by atoms with Gasteiger partial charge in [0.1, 0.15) is 12.4 Å². The number of carbonyl (C=O) groups is 2. The van der Waals surface area contributed by atoms with Gasteiger partial charge in [0.25, 0.3) is 0 Å². The van der Waals surface area contributed by atoms with Crippen LogP contribution in [0.4, 0.5) is 14.9 Å². The Morgan fingerprint density at radius 2 is 1.90 bits per heavy atom. The van der Waals surface area contributed by atoms with Crippen LogP contribution in [0, 0.1) is 11.7 Å². The van der Waals surface area contributed by atoms with E-state index in [9.17, 15) is 14.0 Å². The highest BCUT2D eigenvalue weighted by Gasteiger charge is 2.24. The fourth-order valence-electron chi connectivity index (χ4n) is 3.06. The van der Waals surface area contributed by atoms with Gasteiger partial charge in [-0.3, -0.25) is 4.79 Å². The molecule has 0 aliphatic rings. The second kappa shape index (κ2) is 10.5. The van der Waals surface area contributed by atoms with E-state index in [-0.39, 0.29) is 29.4 Å². The van der Waals surface area contributed by atoms with Gasteiger partial charge in [-0.2, -0.15) is 0 Å². The highest BCUT2D eigenvalue weighted by Crippen LogP contribution is 2.20. The third kappa shape index (κ3) is 6.49. The maximum atomic E-state index is 13.4. The molecule has 0 aliphatic heterocycles. The molecule has 1 heterocycles. The minimum atomic E-state index is -0.560. The molecule has 1 N–H and O–H groups in total. The SMILES string of the molecule is CC(C)CN(Cc1cccn1C)C(=O)CN(C(=O)Nc1ccc(F)c(Cl)c1)C(C)C. The van der Waals surface area contributed by atoms with Crippen LogP contribution in [0.2, 0.25) is 5.02 Å². The van der Waals surface area contributed by atoms with Gasteiger partial charge in [-0.1, -0.05) is 25.4 Å². The topological polar surface area (TPSA) is 57.6 Å². The maximum Gasteiger partial charge on any atom is 0.322 e. The van der Waals surface area contributed by atoms with Gasteiger partial charge in [0.05, 0.1) is 11.6 Å². The molecule has 2 rings (SSSR count). The van der Waals surface area contributed by atoms with Crippen molar-refractivity contribution in [3.8, 4) is 0 Å². The van der Waals surface area contributed by atoms with Crippen molar-refractivity contribution in [1.29, 1.82) is 0 Å². The summed E-state index contributed by atoms with van der Waals surface area (Å²) in [5.74, 6) is -0.404. The zero-order valence-corrected chi connectivity index (χ0v) is 18.9. The Labute approximate surface area is 182 Å². The molecule has 0 saturated heterocycles. The highest BCUT2D eigenvalue weighted by atomic mass is 35.5. The van der Waals surface area contributed by atoms with E-state index in [4.69, 9.17) is 11.6 Å². The van der Waals surface area contributed by atoms with E-state index < -0.39 is 11.8 Å². The molecular formula is C22H30ClFN4O2.